The van der Waals surface area contributed by atoms with Gasteiger partial charge in [-0.3, -0.25) is 0 Å². The lowest BCUT2D eigenvalue weighted by Crippen LogP contribution is -2.49. The summed E-state index contributed by atoms with van der Waals surface area (Å²) >= 11 is 5.56. The van der Waals surface area contributed by atoms with Crippen molar-refractivity contribution in [1.29, 1.82) is 0 Å². The number of thioether (sulfide) groups is 1. The molecule has 3 N–H and O–H groups in total. The predicted octanol–water partition coefficient (Wildman–Crippen LogP) is 3.09. The number of halogens is 1. The van der Waals surface area contributed by atoms with Crippen molar-refractivity contribution >= 4 is 33.4 Å². The van der Waals surface area contributed by atoms with Crippen LogP contribution in [-0.2, 0) is 0 Å². The molecule has 0 aromatic heterocycles. The van der Waals surface area contributed by atoms with Crippen LogP contribution in [0.1, 0.15) is 12.8 Å². The van der Waals surface area contributed by atoms with E-state index in [1.807, 2.05) is 23.9 Å². The smallest absolute Gasteiger partial charge is 0.0586 e. The van der Waals surface area contributed by atoms with Crippen molar-refractivity contribution in [2.24, 2.45) is 5.73 Å². The molecule has 0 spiro atoms. The maximum absolute atomic E-state index is 5.95. The number of rotatable bonds is 3. The third-order valence-corrected chi connectivity index (χ3v) is 5.01. The molecule has 1 atom stereocenters. The average Bonchev–Trinajstić information content (AvgIpc) is 2.33. The lowest BCUT2D eigenvalue weighted by atomic mass is 9.95. The molecule has 0 saturated carbocycles. The molecule has 1 fully saturated rings. The molecule has 1 aliphatic heterocycles. The molecule has 0 aliphatic carbocycles. The van der Waals surface area contributed by atoms with Crippen LogP contribution >= 0.6 is 27.7 Å². The van der Waals surface area contributed by atoms with Gasteiger partial charge in [0.25, 0.3) is 0 Å². The first-order valence-electron chi connectivity index (χ1n) is 5.56. The van der Waals surface area contributed by atoms with Crippen LogP contribution < -0.4 is 11.1 Å². The van der Waals surface area contributed by atoms with Crippen molar-refractivity contribution in [1.82, 2.24) is 0 Å². The fourth-order valence-electron chi connectivity index (χ4n) is 2.01. The first kappa shape index (κ1) is 12.3. The van der Waals surface area contributed by atoms with Crippen molar-refractivity contribution in [3.63, 3.8) is 0 Å². The molecule has 2 nitrogen and oxygen atoms in total. The second-order valence-electron chi connectivity index (χ2n) is 4.25. The number of nitrogens with one attached hydrogen (secondary N) is 1. The van der Waals surface area contributed by atoms with Gasteiger partial charge in [0.1, 0.15) is 0 Å². The van der Waals surface area contributed by atoms with Crippen molar-refractivity contribution in [3.05, 3.63) is 28.7 Å². The summed E-state index contributed by atoms with van der Waals surface area (Å²) in [5, 5.41) is 3.62. The molecular formula is C12H17BrN2S. The molecule has 2 rings (SSSR count). The second kappa shape index (κ2) is 5.43. The highest BCUT2D eigenvalue weighted by atomic mass is 79.9. The van der Waals surface area contributed by atoms with E-state index in [1.54, 1.807) is 0 Å². The Morgan fingerprint density at radius 2 is 2.25 bits per heavy atom. The van der Waals surface area contributed by atoms with Crippen molar-refractivity contribution in [3.8, 4) is 0 Å². The predicted molar refractivity (Wildman–Crippen MR) is 76.1 cm³/mol. The minimum absolute atomic E-state index is 0.0762. The second-order valence-corrected chi connectivity index (χ2v) is 6.20. The van der Waals surface area contributed by atoms with E-state index in [1.165, 1.54) is 12.2 Å². The van der Waals surface area contributed by atoms with Gasteiger partial charge >= 0.3 is 0 Å². The molecule has 88 valence electrons. The molecule has 1 aromatic carbocycles. The van der Waals surface area contributed by atoms with E-state index in [-0.39, 0.29) is 5.54 Å². The van der Waals surface area contributed by atoms with E-state index in [0.717, 1.165) is 22.3 Å². The Morgan fingerprint density at radius 1 is 1.44 bits per heavy atom. The summed E-state index contributed by atoms with van der Waals surface area (Å²) in [5.41, 5.74) is 7.17. The van der Waals surface area contributed by atoms with Crippen molar-refractivity contribution in [2.75, 3.05) is 23.4 Å². The summed E-state index contributed by atoms with van der Waals surface area (Å²) in [6.07, 6.45) is 2.41. The summed E-state index contributed by atoms with van der Waals surface area (Å²) in [4.78, 5) is 0. The summed E-state index contributed by atoms with van der Waals surface area (Å²) in [6, 6.07) is 8.23. The number of anilines is 1. The van der Waals surface area contributed by atoms with Crippen LogP contribution in [0.15, 0.2) is 28.7 Å². The Balaban J connectivity index is 2.15. The molecule has 1 unspecified atom stereocenters. The van der Waals surface area contributed by atoms with E-state index in [9.17, 15) is 0 Å². The van der Waals surface area contributed by atoms with Gasteiger partial charge in [0, 0.05) is 22.5 Å². The molecule has 1 saturated heterocycles. The van der Waals surface area contributed by atoms with Gasteiger partial charge in [-0.1, -0.05) is 12.1 Å². The first-order chi connectivity index (χ1) is 7.76. The van der Waals surface area contributed by atoms with Crippen LogP contribution in [0.5, 0.6) is 0 Å². The molecule has 4 heteroatoms. The number of benzene rings is 1. The fourth-order valence-corrected chi connectivity index (χ4v) is 3.61. The lowest BCUT2D eigenvalue weighted by molar-refractivity contribution is 0.476. The topological polar surface area (TPSA) is 38.0 Å². The molecule has 1 heterocycles. The van der Waals surface area contributed by atoms with Gasteiger partial charge in [0.15, 0.2) is 0 Å². The normalized spacial score (nSPS) is 25.4. The lowest BCUT2D eigenvalue weighted by Gasteiger charge is -2.37. The Kier molecular flexibility index (Phi) is 4.16. The monoisotopic (exact) mass is 300 g/mol. The number of hydrogen-bond donors (Lipinski definition) is 2. The minimum atomic E-state index is 0.0762. The zero-order chi connectivity index (χ0) is 11.4. The molecular weight excluding hydrogens is 284 g/mol. The number of hydrogen-bond acceptors (Lipinski definition) is 3. The quantitative estimate of drug-likeness (QED) is 0.901. The standard InChI is InChI=1S/C12H17BrN2S/c13-10-4-1-2-5-11(10)15-12(8-14)6-3-7-16-9-12/h1-2,4-5,15H,3,6-9,14H2. The van der Waals surface area contributed by atoms with E-state index in [4.69, 9.17) is 5.73 Å². The summed E-state index contributed by atoms with van der Waals surface area (Å²) < 4.78 is 1.11. The summed E-state index contributed by atoms with van der Waals surface area (Å²) in [6.45, 7) is 0.696. The van der Waals surface area contributed by atoms with Crippen molar-refractivity contribution in [2.45, 2.75) is 18.4 Å². The number of para-hydroxylation sites is 1. The molecule has 0 amide bonds. The summed E-state index contributed by atoms with van der Waals surface area (Å²) in [7, 11) is 0. The fraction of sp³-hybridized carbons (Fsp3) is 0.500. The minimum Gasteiger partial charge on any atom is -0.377 e. The summed E-state index contributed by atoms with van der Waals surface area (Å²) in [5.74, 6) is 2.37. The van der Waals surface area contributed by atoms with Crippen molar-refractivity contribution < 1.29 is 0 Å². The highest BCUT2D eigenvalue weighted by molar-refractivity contribution is 9.10. The van der Waals surface area contributed by atoms with E-state index < -0.39 is 0 Å². The van der Waals surface area contributed by atoms with Gasteiger partial charge in [0.05, 0.1) is 5.54 Å². The molecule has 1 aromatic rings. The third-order valence-electron chi connectivity index (χ3n) is 2.99. The Morgan fingerprint density at radius 3 is 2.88 bits per heavy atom. The van der Waals surface area contributed by atoms with E-state index in [0.29, 0.717) is 6.54 Å². The van der Waals surface area contributed by atoms with E-state index >= 15 is 0 Å². The Bertz CT molecular complexity index is 351. The van der Waals surface area contributed by atoms with Gasteiger partial charge in [-0.05, 0) is 46.7 Å². The first-order valence-corrected chi connectivity index (χ1v) is 7.51. The van der Waals surface area contributed by atoms with Gasteiger partial charge in [-0.15, -0.1) is 0 Å². The van der Waals surface area contributed by atoms with Crippen LogP contribution in [0, 0.1) is 0 Å². The zero-order valence-corrected chi connectivity index (χ0v) is 11.6. The zero-order valence-electron chi connectivity index (χ0n) is 9.21. The van der Waals surface area contributed by atoms with Gasteiger partial charge < -0.3 is 11.1 Å². The molecule has 0 bridgehead atoms. The van der Waals surface area contributed by atoms with Crippen LogP contribution in [0.4, 0.5) is 5.69 Å². The average molecular weight is 301 g/mol. The van der Waals surface area contributed by atoms with Gasteiger partial charge in [-0.25, -0.2) is 0 Å². The molecule has 0 radical (unpaired) electrons. The van der Waals surface area contributed by atoms with Crippen LogP contribution in [0.25, 0.3) is 0 Å². The van der Waals surface area contributed by atoms with E-state index in [2.05, 4.69) is 33.4 Å². The SMILES string of the molecule is NCC1(Nc2ccccc2Br)CCCSC1. The molecule has 1 aliphatic rings. The maximum Gasteiger partial charge on any atom is 0.0586 e. The van der Waals surface area contributed by atoms with Gasteiger partial charge in [-0.2, -0.15) is 11.8 Å². The number of nitrogens with two attached hydrogens (primary N) is 1. The Hall–Kier alpha value is -0.190. The highest BCUT2D eigenvalue weighted by Gasteiger charge is 2.31. The van der Waals surface area contributed by atoms with Crippen LogP contribution in [-0.4, -0.2) is 23.6 Å². The highest BCUT2D eigenvalue weighted by Crippen LogP contribution is 2.32. The Labute approximate surface area is 109 Å². The largest absolute Gasteiger partial charge is 0.377 e. The van der Waals surface area contributed by atoms with Crippen LogP contribution in [0.3, 0.4) is 0 Å². The third kappa shape index (κ3) is 2.73. The van der Waals surface area contributed by atoms with Crippen LogP contribution in [0.2, 0.25) is 0 Å². The molecule has 16 heavy (non-hydrogen) atoms. The maximum atomic E-state index is 5.95. The van der Waals surface area contributed by atoms with Gasteiger partial charge in [0.2, 0.25) is 0 Å².